The van der Waals surface area contributed by atoms with E-state index >= 15 is 0 Å². The monoisotopic (exact) mass is 418 g/mol. The van der Waals surface area contributed by atoms with E-state index in [2.05, 4.69) is 55.5 Å². The number of ether oxygens (including phenoxy) is 1. The molecule has 4 nitrogen and oxygen atoms in total. The molecule has 0 aromatic rings. The van der Waals surface area contributed by atoms with E-state index < -0.39 is 5.97 Å². The summed E-state index contributed by atoms with van der Waals surface area (Å²) in [5.41, 5.74) is 0. The van der Waals surface area contributed by atoms with E-state index in [1.54, 1.807) is 0 Å². The molecule has 0 aromatic carbocycles. The zero-order valence-electron chi connectivity index (χ0n) is 19.1. The largest absolute Gasteiger partial charge is 0.481 e. The van der Waals surface area contributed by atoms with E-state index in [4.69, 9.17) is 9.84 Å². The molecule has 1 unspecified atom stereocenters. The molecule has 1 atom stereocenters. The highest BCUT2D eigenvalue weighted by Crippen LogP contribution is 2.15. The maximum atomic E-state index is 11.3. The number of carbonyl (C=O) groups is 2. The number of carbonyl (C=O) groups excluding carboxylic acids is 1. The summed E-state index contributed by atoms with van der Waals surface area (Å²) >= 11 is 0. The fourth-order valence-corrected chi connectivity index (χ4v) is 3.06. The van der Waals surface area contributed by atoms with Crippen molar-refractivity contribution in [3.05, 3.63) is 48.6 Å². The van der Waals surface area contributed by atoms with Crippen molar-refractivity contribution in [2.45, 2.75) is 103 Å². The van der Waals surface area contributed by atoms with Crippen molar-refractivity contribution < 1.29 is 19.4 Å². The Labute approximate surface area is 183 Å². The van der Waals surface area contributed by atoms with Crippen LogP contribution in [-0.4, -0.2) is 23.1 Å². The Bertz CT molecular complexity index is 543. The molecule has 0 aliphatic carbocycles. The Balaban J connectivity index is 3.86. The lowest BCUT2D eigenvalue weighted by Gasteiger charge is -2.16. The zero-order chi connectivity index (χ0) is 22.3. The molecule has 0 aliphatic heterocycles. The van der Waals surface area contributed by atoms with Crippen LogP contribution < -0.4 is 0 Å². The van der Waals surface area contributed by atoms with Gasteiger partial charge in [-0.05, 0) is 57.8 Å². The van der Waals surface area contributed by atoms with Crippen molar-refractivity contribution in [1.29, 1.82) is 0 Å². The van der Waals surface area contributed by atoms with Crippen molar-refractivity contribution >= 4 is 11.9 Å². The minimum absolute atomic E-state index is 0.0198. The van der Waals surface area contributed by atoms with Gasteiger partial charge in [0.25, 0.3) is 0 Å². The van der Waals surface area contributed by atoms with Crippen LogP contribution >= 0.6 is 0 Å². The molecule has 0 radical (unpaired) electrons. The predicted octanol–water partition coefficient (Wildman–Crippen LogP) is 7.32. The predicted molar refractivity (Wildman–Crippen MR) is 125 cm³/mol. The van der Waals surface area contributed by atoms with Crippen molar-refractivity contribution in [3.8, 4) is 0 Å². The maximum Gasteiger partial charge on any atom is 0.303 e. The first-order valence-electron chi connectivity index (χ1n) is 11.5. The van der Waals surface area contributed by atoms with Gasteiger partial charge < -0.3 is 9.84 Å². The summed E-state index contributed by atoms with van der Waals surface area (Å²) in [6.07, 6.45) is 29.1. The lowest BCUT2D eigenvalue weighted by Crippen LogP contribution is -2.16. The van der Waals surface area contributed by atoms with Gasteiger partial charge in [0.1, 0.15) is 6.10 Å². The van der Waals surface area contributed by atoms with Crippen LogP contribution in [0.2, 0.25) is 0 Å². The molecule has 0 saturated carbocycles. The molecule has 30 heavy (non-hydrogen) atoms. The lowest BCUT2D eigenvalue weighted by molar-refractivity contribution is -0.147. The third-order valence-corrected chi connectivity index (χ3v) is 4.62. The molecule has 0 aliphatic rings. The van der Waals surface area contributed by atoms with E-state index in [0.717, 1.165) is 77.0 Å². The number of carboxylic acid groups (broad SMARTS) is 1. The molecule has 0 bridgehead atoms. The molecule has 4 heteroatoms. The molecule has 0 heterocycles. The molecule has 0 saturated heterocycles. The van der Waals surface area contributed by atoms with Gasteiger partial charge in [0.15, 0.2) is 0 Å². The van der Waals surface area contributed by atoms with Crippen molar-refractivity contribution in [2.75, 3.05) is 0 Å². The number of rotatable bonds is 19. The summed E-state index contributed by atoms with van der Waals surface area (Å²) in [6, 6.07) is 0. The smallest absolute Gasteiger partial charge is 0.303 e. The summed E-state index contributed by atoms with van der Waals surface area (Å²) in [5.74, 6) is -0.938. The molecule has 0 spiro atoms. The SMILES string of the molecule is CC/C=C\C/C=C\C/C=C\C/C=C\CCC(CCCCCCCC(=O)O)OC(C)=O. The maximum absolute atomic E-state index is 11.3. The van der Waals surface area contributed by atoms with Gasteiger partial charge in [0.05, 0.1) is 0 Å². The molecule has 0 rings (SSSR count). The average molecular weight is 419 g/mol. The fourth-order valence-electron chi connectivity index (χ4n) is 3.06. The quantitative estimate of drug-likeness (QED) is 0.136. The summed E-state index contributed by atoms with van der Waals surface area (Å²) in [6.45, 7) is 3.61. The number of esters is 1. The summed E-state index contributed by atoms with van der Waals surface area (Å²) in [5, 5.41) is 8.63. The molecule has 170 valence electrons. The lowest BCUT2D eigenvalue weighted by atomic mass is 10.0. The van der Waals surface area contributed by atoms with Gasteiger partial charge in [-0.15, -0.1) is 0 Å². The molecule has 0 fully saturated rings. The summed E-state index contributed by atoms with van der Waals surface area (Å²) in [4.78, 5) is 21.8. The van der Waals surface area contributed by atoms with Crippen LogP contribution in [0.4, 0.5) is 0 Å². The zero-order valence-corrected chi connectivity index (χ0v) is 19.1. The van der Waals surface area contributed by atoms with E-state index in [1.165, 1.54) is 6.92 Å². The number of hydrogen-bond acceptors (Lipinski definition) is 3. The summed E-state index contributed by atoms with van der Waals surface area (Å²) in [7, 11) is 0. The van der Waals surface area contributed by atoms with E-state index in [-0.39, 0.29) is 18.5 Å². The topological polar surface area (TPSA) is 63.6 Å². The normalized spacial score (nSPS) is 13.1. The van der Waals surface area contributed by atoms with Crippen LogP contribution in [0.3, 0.4) is 0 Å². The van der Waals surface area contributed by atoms with Gasteiger partial charge in [-0.3, -0.25) is 9.59 Å². The Kier molecular flexibility index (Phi) is 20.1. The Morgan fingerprint density at radius 2 is 1.30 bits per heavy atom. The Morgan fingerprint density at radius 3 is 1.87 bits per heavy atom. The van der Waals surface area contributed by atoms with Crippen molar-refractivity contribution in [3.63, 3.8) is 0 Å². The molecule has 1 N–H and O–H groups in total. The second-order valence-electron chi connectivity index (χ2n) is 7.51. The van der Waals surface area contributed by atoms with Crippen LogP contribution in [0.1, 0.15) is 97.3 Å². The molecular weight excluding hydrogens is 376 g/mol. The molecular formula is C26H42O4. The van der Waals surface area contributed by atoms with Crippen molar-refractivity contribution in [2.24, 2.45) is 0 Å². The summed E-state index contributed by atoms with van der Waals surface area (Å²) < 4.78 is 5.44. The highest BCUT2D eigenvalue weighted by Gasteiger charge is 2.10. The number of carboxylic acids is 1. The minimum atomic E-state index is -0.722. The van der Waals surface area contributed by atoms with E-state index in [9.17, 15) is 9.59 Å². The second-order valence-corrected chi connectivity index (χ2v) is 7.51. The number of unbranched alkanes of at least 4 members (excludes halogenated alkanes) is 4. The second kappa shape index (κ2) is 21.6. The Hall–Kier alpha value is -2.10. The highest BCUT2D eigenvalue weighted by molar-refractivity contribution is 5.66. The highest BCUT2D eigenvalue weighted by atomic mass is 16.5. The number of allylic oxidation sites excluding steroid dienone is 8. The third kappa shape index (κ3) is 22.2. The van der Waals surface area contributed by atoms with Crippen LogP contribution in [0.25, 0.3) is 0 Å². The molecule has 0 aromatic heterocycles. The van der Waals surface area contributed by atoms with Crippen LogP contribution in [-0.2, 0) is 14.3 Å². The van der Waals surface area contributed by atoms with Gasteiger partial charge in [0, 0.05) is 13.3 Å². The van der Waals surface area contributed by atoms with Crippen LogP contribution in [0, 0.1) is 0 Å². The van der Waals surface area contributed by atoms with Gasteiger partial charge in [-0.2, -0.15) is 0 Å². The Morgan fingerprint density at radius 1 is 0.767 bits per heavy atom. The van der Waals surface area contributed by atoms with Gasteiger partial charge in [-0.25, -0.2) is 0 Å². The van der Waals surface area contributed by atoms with Crippen molar-refractivity contribution in [1.82, 2.24) is 0 Å². The minimum Gasteiger partial charge on any atom is -0.481 e. The van der Waals surface area contributed by atoms with Gasteiger partial charge in [0.2, 0.25) is 0 Å². The first-order chi connectivity index (χ1) is 14.6. The molecule has 0 amide bonds. The third-order valence-electron chi connectivity index (χ3n) is 4.62. The van der Waals surface area contributed by atoms with E-state index in [1.807, 2.05) is 0 Å². The van der Waals surface area contributed by atoms with Gasteiger partial charge >= 0.3 is 11.9 Å². The van der Waals surface area contributed by atoms with Crippen LogP contribution in [0.15, 0.2) is 48.6 Å². The average Bonchev–Trinajstić information content (AvgIpc) is 2.69. The first-order valence-corrected chi connectivity index (χ1v) is 11.5. The standard InChI is InChI=1S/C26H42O4/c1-3-4-5-6-7-8-9-10-11-12-13-15-18-21-25(30-24(2)27)22-19-16-14-17-20-23-26(28)29/h4-5,7-8,10-11,13,15,25H,3,6,9,12,14,16-23H2,1-2H3,(H,28,29)/b5-4-,8-7-,11-10-,15-13-. The first kappa shape index (κ1) is 27.9. The number of hydrogen-bond donors (Lipinski definition) is 1. The van der Waals surface area contributed by atoms with Gasteiger partial charge in [-0.1, -0.05) is 74.8 Å². The van der Waals surface area contributed by atoms with Crippen LogP contribution in [0.5, 0.6) is 0 Å². The number of aliphatic carboxylic acids is 1. The van der Waals surface area contributed by atoms with E-state index in [0.29, 0.717) is 0 Å². The fraction of sp³-hybridized carbons (Fsp3) is 0.615.